The van der Waals surface area contributed by atoms with Gasteiger partial charge in [0.1, 0.15) is 0 Å². The van der Waals surface area contributed by atoms with Gasteiger partial charge in [0.2, 0.25) is 0 Å². The van der Waals surface area contributed by atoms with Crippen molar-refractivity contribution in [1.29, 1.82) is 0 Å². The maximum atomic E-state index is 2.43. The molecule has 0 aromatic heterocycles. The first-order valence-corrected chi connectivity index (χ1v) is 5.46. The maximum Gasteiger partial charge on any atom is 0.0817 e. The van der Waals surface area contributed by atoms with Crippen molar-refractivity contribution in [2.45, 2.75) is 34.6 Å². The third-order valence-electron chi connectivity index (χ3n) is 4.12. The van der Waals surface area contributed by atoms with Gasteiger partial charge >= 0.3 is 0 Å². The fraction of sp³-hybridized carbons (Fsp3) is 0.923. The molecule has 0 saturated carbocycles. The Bertz CT molecular complexity index is 166. The molecule has 2 saturated heterocycles. The first-order chi connectivity index (χ1) is 5.61. The van der Waals surface area contributed by atoms with Gasteiger partial charge in [-0.25, -0.2) is 0 Å². The third kappa shape index (κ3) is 2.31. The summed E-state index contributed by atoms with van der Waals surface area (Å²) >= 11 is 0. The highest BCUT2D eigenvalue weighted by molar-refractivity contribution is 4.74. The summed E-state index contributed by atoms with van der Waals surface area (Å²) in [6, 6.07) is 0. The van der Waals surface area contributed by atoms with Crippen molar-refractivity contribution in [2.75, 3.05) is 26.2 Å². The van der Waals surface area contributed by atoms with Gasteiger partial charge in [-0.2, -0.15) is 0 Å². The molecule has 1 spiro atoms. The van der Waals surface area contributed by atoms with Crippen molar-refractivity contribution in [3.63, 3.8) is 0 Å². The summed E-state index contributed by atoms with van der Waals surface area (Å²) in [5.74, 6) is 2.92. The van der Waals surface area contributed by atoms with Crippen LogP contribution in [0.2, 0.25) is 0 Å². The van der Waals surface area contributed by atoms with Crippen molar-refractivity contribution in [3.8, 4) is 0 Å². The van der Waals surface area contributed by atoms with Crippen LogP contribution in [0.15, 0.2) is 0 Å². The average Bonchev–Trinajstić information content (AvgIpc) is 2.42. The summed E-state index contributed by atoms with van der Waals surface area (Å²) in [6.45, 7) is 13.1. The summed E-state index contributed by atoms with van der Waals surface area (Å²) in [4.78, 5) is 0. The molecular weight excluding hydrogens is 170 g/mol. The second kappa shape index (κ2) is 4.65. The molecule has 0 radical (unpaired) electrons. The molecule has 0 bridgehead atoms. The van der Waals surface area contributed by atoms with Gasteiger partial charge in [-0.1, -0.05) is 28.2 Å². The van der Waals surface area contributed by atoms with Crippen LogP contribution in [0.1, 0.15) is 34.6 Å². The van der Waals surface area contributed by atoms with Gasteiger partial charge in [0.25, 0.3) is 0 Å². The molecule has 2 rings (SSSR count). The van der Waals surface area contributed by atoms with Gasteiger partial charge in [-0.05, 0) is 0 Å². The van der Waals surface area contributed by atoms with Crippen LogP contribution in [0.25, 0.3) is 0 Å². The predicted molar refractivity (Wildman–Crippen MR) is 65.0 cm³/mol. The second-order valence-corrected chi connectivity index (χ2v) is 5.46. The Hall–Kier alpha value is -0.0400. The Morgan fingerprint density at radius 2 is 1.43 bits per heavy atom. The molecule has 0 aromatic rings. The fourth-order valence-corrected chi connectivity index (χ4v) is 3.33. The Kier molecular flexibility index (Phi) is 4.64. The average molecular weight is 199 g/mol. The van der Waals surface area contributed by atoms with E-state index in [1.54, 1.807) is 0 Å². The Morgan fingerprint density at radius 1 is 0.929 bits per heavy atom. The van der Waals surface area contributed by atoms with Gasteiger partial charge in [0.15, 0.2) is 0 Å². The molecule has 0 amide bonds. The van der Waals surface area contributed by atoms with E-state index in [0.29, 0.717) is 0 Å². The molecule has 3 unspecified atom stereocenters. The molecule has 3 atom stereocenters. The number of hydrogen-bond acceptors (Lipinski definition) is 0. The zero-order valence-corrected chi connectivity index (χ0v) is 9.71. The molecule has 2 aliphatic heterocycles. The maximum absolute atomic E-state index is 2.43. The third-order valence-corrected chi connectivity index (χ3v) is 4.12. The van der Waals surface area contributed by atoms with Crippen LogP contribution >= 0.6 is 0 Å². The van der Waals surface area contributed by atoms with Crippen molar-refractivity contribution in [2.24, 2.45) is 17.8 Å². The van der Waals surface area contributed by atoms with Gasteiger partial charge in [-0.3, -0.25) is 0 Å². The Labute approximate surface area is 91.1 Å². The first-order valence-electron chi connectivity index (χ1n) is 5.46. The van der Waals surface area contributed by atoms with Crippen molar-refractivity contribution >= 4 is 0 Å². The first kappa shape index (κ1) is 14.0. The molecule has 0 aliphatic carbocycles. The van der Waals surface area contributed by atoms with Gasteiger partial charge in [0.05, 0.1) is 26.2 Å². The van der Waals surface area contributed by atoms with Gasteiger partial charge in [-0.15, -0.1) is 0 Å². The number of rotatable bonds is 0. The van der Waals surface area contributed by atoms with Crippen molar-refractivity contribution in [1.82, 2.24) is 0 Å². The summed E-state index contributed by atoms with van der Waals surface area (Å²) in [7, 11) is 0. The van der Waals surface area contributed by atoms with Crippen LogP contribution in [0.4, 0.5) is 0 Å². The van der Waals surface area contributed by atoms with E-state index >= 15 is 0 Å². The minimum atomic E-state index is 0. The van der Waals surface area contributed by atoms with E-state index in [1.807, 2.05) is 0 Å². The topological polar surface area (TPSA) is 0 Å². The van der Waals surface area contributed by atoms with Crippen LogP contribution in [0.5, 0.6) is 0 Å². The molecule has 0 N–H and O–H groups in total. The molecule has 2 aliphatic rings. The van der Waals surface area contributed by atoms with Crippen LogP contribution in [0, 0.1) is 25.2 Å². The highest BCUT2D eigenvalue weighted by atomic mass is 15.4. The lowest BCUT2D eigenvalue weighted by Gasteiger charge is -2.29. The van der Waals surface area contributed by atoms with E-state index in [2.05, 4.69) is 20.8 Å². The monoisotopic (exact) mass is 199 g/mol. The number of quaternary nitrogens is 1. The molecule has 14 heavy (non-hydrogen) atoms. The van der Waals surface area contributed by atoms with E-state index in [9.17, 15) is 0 Å². The normalized spacial score (nSPS) is 46.1. The van der Waals surface area contributed by atoms with Gasteiger partial charge in [0, 0.05) is 24.2 Å². The molecule has 0 aromatic carbocycles. The summed E-state index contributed by atoms with van der Waals surface area (Å²) in [5, 5.41) is 0. The minimum absolute atomic E-state index is 0. The molecule has 2 fully saturated rings. The molecule has 2 heterocycles. The highest BCUT2D eigenvalue weighted by Crippen LogP contribution is 2.35. The number of hydrogen-bond donors (Lipinski definition) is 0. The van der Waals surface area contributed by atoms with E-state index in [4.69, 9.17) is 0 Å². The van der Waals surface area contributed by atoms with Crippen LogP contribution in [-0.4, -0.2) is 30.7 Å². The SMILES string of the molecule is C.CC1CC[N+]2(C1)CC(C)C(C)C2.[CH3-]. The lowest BCUT2D eigenvalue weighted by atomic mass is 10.0. The highest BCUT2D eigenvalue weighted by Gasteiger charge is 2.44. The molecule has 1 nitrogen and oxygen atoms in total. The Balaban J connectivity index is 0.000000845. The molecule has 1 heteroatoms. The second-order valence-electron chi connectivity index (χ2n) is 5.46. The number of nitrogens with zero attached hydrogens (tertiary/aromatic N) is 1. The van der Waals surface area contributed by atoms with E-state index < -0.39 is 0 Å². The van der Waals surface area contributed by atoms with E-state index in [0.717, 1.165) is 17.8 Å². The summed E-state index contributed by atoms with van der Waals surface area (Å²) in [6.07, 6.45) is 1.47. The smallest absolute Gasteiger partial charge is 0.0817 e. The zero-order chi connectivity index (χ0) is 8.77. The van der Waals surface area contributed by atoms with Crippen molar-refractivity contribution in [3.05, 3.63) is 7.43 Å². The van der Waals surface area contributed by atoms with Crippen molar-refractivity contribution < 1.29 is 4.48 Å². The minimum Gasteiger partial charge on any atom is -0.358 e. The largest absolute Gasteiger partial charge is 0.358 e. The standard InChI is InChI=1S/C11H22N.CH4.CH3/c1-9-4-5-12(6-9)7-10(2)11(3)8-12;;/h9-11H,4-8H2,1-3H3;1H4;1H3/q+1;;-1. The van der Waals surface area contributed by atoms with E-state index in [1.165, 1.54) is 37.1 Å². The van der Waals surface area contributed by atoms with E-state index in [-0.39, 0.29) is 14.9 Å². The lowest BCUT2D eigenvalue weighted by molar-refractivity contribution is -0.908. The van der Waals surface area contributed by atoms with Crippen LogP contribution in [-0.2, 0) is 0 Å². The summed E-state index contributed by atoms with van der Waals surface area (Å²) < 4.78 is 1.46. The molecule has 86 valence electrons. The Morgan fingerprint density at radius 3 is 1.79 bits per heavy atom. The van der Waals surface area contributed by atoms with Gasteiger partial charge < -0.3 is 11.9 Å². The lowest BCUT2D eigenvalue weighted by Crippen LogP contribution is -2.43. The van der Waals surface area contributed by atoms with Crippen LogP contribution in [0.3, 0.4) is 0 Å². The zero-order valence-electron chi connectivity index (χ0n) is 9.71. The quantitative estimate of drug-likeness (QED) is 0.415. The fourth-order valence-electron chi connectivity index (χ4n) is 3.33. The predicted octanol–water partition coefficient (Wildman–Crippen LogP) is 3.22. The molecular formula is C13H29N. The summed E-state index contributed by atoms with van der Waals surface area (Å²) in [5.41, 5.74) is 0. The van der Waals surface area contributed by atoms with Crippen LogP contribution < -0.4 is 0 Å².